The van der Waals surface area contributed by atoms with Crippen LogP contribution in [0, 0.1) is 5.21 Å². The van der Waals surface area contributed by atoms with Gasteiger partial charge in [-0.25, -0.2) is 0 Å². The molecule has 0 heterocycles. The van der Waals surface area contributed by atoms with Gasteiger partial charge in [-0.1, -0.05) is 6.08 Å². The highest BCUT2D eigenvalue weighted by molar-refractivity contribution is 4.65. The third kappa shape index (κ3) is 3.62. The van der Waals surface area contributed by atoms with E-state index in [0.29, 0.717) is 12.1 Å². The zero-order chi connectivity index (χ0) is 4.83. The zero-order valence-corrected chi connectivity index (χ0v) is 3.48. The number of quaternary nitrogens is 1. The van der Waals surface area contributed by atoms with E-state index in [-0.39, 0.29) is 0 Å². The second-order valence-electron chi connectivity index (χ2n) is 0.815. The molecule has 3 heteroatoms. The van der Waals surface area contributed by atoms with Crippen LogP contribution in [-0.2, 0) is 0 Å². The largest absolute Gasteiger partial charge is 0.615 e. The number of nitrogens with one attached hydrogen (secondary N) is 1. The molecule has 0 bridgehead atoms. The predicted octanol–water partition coefficient (Wildman–Crippen LogP) is -1.26. The zero-order valence-electron chi connectivity index (χ0n) is 3.48. The summed E-state index contributed by atoms with van der Waals surface area (Å²) in [4.78, 5) is 0. The lowest BCUT2D eigenvalue weighted by Gasteiger charge is -1.96. The van der Waals surface area contributed by atoms with Crippen LogP contribution in [0.1, 0.15) is 0 Å². The number of hydrogen-bond acceptors (Lipinski definition) is 2. The van der Waals surface area contributed by atoms with E-state index in [2.05, 4.69) is 12.0 Å². The van der Waals surface area contributed by atoms with E-state index in [1.54, 1.807) is 6.08 Å². The van der Waals surface area contributed by atoms with Crippen molar-refractivity contribution in [2.45, 2.75) is 0 Å². The summed E-state index contributed by atoms with van der Waals surface area (Å²) in [6, 6.07) is 0. The Labute approximate surface area is 36.6 Å². The van der Waals surface area contributed by atoms with E-state index in [4.69, 9.17) is 0 Å². The van der Waals surface area contributed by atoms with Gasteiger partial charge >= 0.3 is 0 Å². The maximum absolute atomic E-state index is 9.40. The molecule has 3 nitrogen and oxygen atoms in total. The molecule has 0 aliphatic rings. The molecule has 0 aromatic carbocycles. The highest BCUT2D eigenvalue weighted by Crippen LogP contribution is 1.45. The van der Waals surface area contributed by atoms with Crippen molar-refractivity contribution in [3.8, 4) is 0 Å². The molecule has 0 amide bonds. The monoisotopic (exact) mass is 88.1 g/mol. The molecule has 0 aromatic rings. The van der Waals surface area contributed by atoms with Gasteiger partial charge in [0.05, 0.1) is 6.54 Å². The van der Waals surface area contributed by atoms with Gasteiger partial charge in [0.2, 0.25) is 0 Å². The van der Waals surface area contributed by atoms with Gasteiger partial charge in [0.1, 0.15) is 0 Å². The number of nitrogens with two attached hydrogens (primary N) is 1. The van der Waals surface area contributed by atoms with Gasteiger partial charge in [-0.05, 0) is 0 Å². The second-order valence-corrected chi connectivity index (χ2v) is 0.815. The van der Waals surface area contributed by atoms with Crippen LogP contribution in [0.2, 0.25) is 0 Å². The van der Waals surface area contributed by atoms with E-state index >= 15 is 0 Å². The van der Waals surface area contributed by atoms with Crippen LogP contribution in [0.4, 0.5) is 0 Å². The molecule has 0 aromatic heterocycles. The summed E-state index contributed by atoms with van der Waals surface area (Å²) in [6.45, 7) is 3.94. The minimum Gasteiger partial charge on any atom is -0.615 e. The standard InChI is InChI=1S/C3H8N2O/c1-2-3-4-5-6/h2,4H,1,3,5H2. The normalized spacial score (nSPS) is 8.17. The minimum atomic E-state index is 0.559. The minimum absolute atomic E-state index is 0.559. The topological polar surface area (TPSA) is 51.7 Å². The highest BCUT2D eigenvalue weighted by atomic mass is 16.5. The molecule has 0 rings (SSSR count). The Morgan fingerprint density at radius 3 is 2.83 bits per heavy atom. The van der Waals surface area contributed by atoms with Gasteiger partial charge in [-0.3, -0.25) is 0 Å². The first-order chi connectivity index (χ1) is 2.91. The predicted molar refractivity (Wildman–Crippen MR) is 23.5 cm³/mol. The Morgan fingerprint density at radius 1 is 2.00 bits per heavy atom. The fourth-order valence-electron chi connectivity index (χ4n) is 0.131. The quantitative estimate of drug-likeness (QED) is 0.196. The van der Waals surface area contributed by atoms with Crippen molar-refractivity contribution in [2.75, 3.05) is 6.54 Å². The van der Waals surface area contributed by atoms with Crippen molar-refractivity contribution >= 4 is 0 Å². The first-order valence-electron chi connectivity index (χ1n) is 1.69. The summed E-state index contributed by atoms with van der Waals surface area (Å²) >= 11 is 0. The molecule has 6 heavy (non-hydrogen) atoms. The lowest BCUT2D eigenvalue weighted by Crippen LogP contribution is -2.87. The fraction of sp³-hybridized carbons (Fsp3) is 0.333. The van der Waals surface area contributed by atoms with Crippen molar-refractivity contribution in [1.82, 2.24) is 5.43 Å². The Hall–Kier alpha value is -0.380. The van der Waals surface area contributed by atoms with Crippen LogP contribution < -0.4 is 11.0 Å². The van der Waals surface area contributed by atoms with Gasteiger partial charge in [0.15, 0.2) is 0 Å². The van der Waals surface area contributed by atoms with Crippen molar-refractivity contribution < 1.29 is 5.59 Å². The van der Waals surface area contributed by atoms with Crippen molar-refractivity contribution in [3.63, 3.8) is 0 Å². The first-order valence-corrected chi connectivity index (χ1v) is 1.69. The van der Waals surface area contributed by atoms with Crippen molar-refractivity contribution in [2.24, 2.45) is 0 Å². The summed E-state index contributed by atoms with van der Waals surface area (Å²) in [5.74, 6) is 0. The lowest BCUT2D eigenvalue weighted by atomic mass is 10.7. The van der Waals surface area contributed by atoms with Gasteiger partial charge in [-0.2, -0.15) is 5.43 Å². The maximum Gasteiger partial charge on any atom is 0.0625 e. The molecule has 0 aliphatic carbocycles. The van der Waals surface area contributed by atoms with Crippen LogP contribution in [-0.4, -0.2) is 6.54 Å². The fourth-order valence-corrected chi connectivity index (χ4v) is 0.131. The molecule has 0 aliphatic heterocycles. The summed E-state index contributed by atoms with van der Waals surface area (Å²) < 4.78 is 0. The number of rotatable bonds is 3. The SMILES string of the molecule is C=CCN[NH2+][O-]. The van der Waals surface area contributed by atoms with Gasteiger partial charge in [0, 0.05) is 0 Å². The molecule has 0 fully saturated rings. The van der Waals surface area contributed by atoms with Crippen LogP contribution in [0.3, 0.4) is 0 Å². The summed E-state index contributed by atoms with van der Waals surface area (Å²) in [5.41, 5.74) is 3.04. The molecule has 0 unspecified atom stereocenters. The third-order valence-corrected chi connectivity index (χ3v) is 0.346. The summed E-state index contributed by atoms with van der Waals surface area (Å²) in [7, 11) is 0. The molecule has 0 spiro atoms. The molecule has 36 valence electrons. The molecule has 3 N–H and O–H groups in total. The highest BCUT2D eigenvalue weighted by Gasteiger charge is 1.64. The Morgan fingerprint density at radius 2 is 2.67 bits per heavy atom. The molecule has 0 radical (unpaired) electrons. The Kier molecular flexibility index (Phi) is 4.33. The Bertz CT molecular complexity index is 37.8. The first kappa shape index (κ1) is 5.62. The van der Waals surface area contributed by atoms with Gasteiger partial charge in [-0.15, -0.1) is 6.58 Å². The third-order valence-electron chi connectivity index (χ3n) is 0.346. The van der Waals surface area contributed by atoms with Crippen LogP contribution in [0.25, 0.3) is 0 Å². The molecular formula is C3H8N2O. The Balaban J connectivity index is 2.49. The van der Waals surface area contributed by atoms with Crippen molar-refractivity contribution in [1.29, 1.82) is 0 Å². The van der Waals surface area contributed by atoms with E-state index in [1.165, 1.54) is 0 Å². The van der Waals surface area contributed by atoms with E-state index in [1.807, 2.05) is 0 Å². The van der Waals surface area contributed by atoms with E-state index in [0.717, 1.165) is 0 Å². The van der Waals surface area contributed by atoms with Crippen LogP contribution in [0.15, 0.2) is 12.7 Å². The van der Waals surface area contributed by atoms with Crippen LogP contribution >= 0.6 is 0 Å². The van der Waals surface area contributed by atoms with Gasteiger partial charge < -0.3 is 10.8 Å². The average molecular weight is 88.1 g/mol. The molecule has 0 saturated heterocycles. The molecule has 0 saturated carbocycles. The van der Waals surface area contributed by atoms with Crippen LogP contribution in [0.5, 0.6) is 0 Å². The summed E-state index contributed by atoms with van der Waals surface area (Å²) in [6.07, 6.45) is 1.62. The average Bonchev–Trinajstić information content (AvgIpc) is 1.61. The summed E-state index contributed by atoms with van der Waals surface area (Å²) in [5, 5.41) is 9.40. The maximum atomic E-state index is 9.40. The van der Waals surface area contributed by atoms with E-state index in [9.17, 15) is 5.21 Å². The van der Waals surface area contributed by atoms with E-state index < -0.39 is 0 Å². The lowest BCUT2D eigenvalue weighted by molar-refractivity contribution is -0.648. The molecule has 0 atom stereocenters. The molecular weight excluding hydrogens is 80.0 g/mol. The number of hydrogen-bond donors (Lipinski definition) is 2. The van der Waals surface area contributed by atoms with Crippen molar-refractivity contribution in [3.05, 3.63) is 17.9 Å². The second kappa shape index (κ2) is 4.62. The smallest absolute Gasteiger partial charge is 0.0625 e. The van der Waals surface area contributed by atoms with Gasteiger partial charge in [0.25, 0.3) is 0 Å².